The van der Waals surface area contributed by atoms with Gasteiger partial charge in [-0.1, -0.05) is 59.8 Å². The zero-order chi connectivity index (χ0) is 19.8. The van der Waals surface area contributed by atoms with Crippen molar-refractivity contribution >= 4 is 29.3 Å². The summed E-state index contributed by atoms with van der Waals surface area (Å²) in [6, 6.07) is 16.9. The monoisotopic (exact) mass is 414 g/mol. The lowest BCUT2D eigenvalue weighted by atomic mass is 10.3. The van der Waals surface area contributed by atoms with E-state index in [-0.39, 0.29) is 18.3 Å². The molecule has 28 heavy (non-hydrogen) atoms. The van der Waals surface area contributed by atoms with Crippen molar-refractivity contribution in [2.24, 2.45) is 0 Å². The summed E-state index contributed by atoms with van der Waals surface area (Å²) in [4.78, 5) is 11.9. The highest BCUT2D eigenvalue weighted by Crippen LogP contribution is 2.26. The van der Waals surface area contributed by atoms with Gasteiger partial charge in [-0.3, -0.25) is 9.36 Å². The Kier molecular flexibility index (Phi) is 7.11. The zero-order valence-corrected chi connectivity index (χ0v) is 16.6. The number of nitrogens with one attached hydrogen (secondary N) is 1. The molecule has 0 aliphatic rings. The number of carbonyl (C=O) groups is 1. The second kappa shape index (κ2) is 9.96. The average Bonchev–Trinajstić information content (AvgIpc) is 3.13. The van der Waals surface area contributed by atoms with Gasteiger partial charge in [0.1, 0.15) is 12.4 Å². The predicted molar refractivity (Wildman–Crippen MR) is 111 cm³/mol. The molecule has 3 rings (SSSR count). The topological polar surface area (TPSA) is 69.0 Å². The van der Waals surface area contributed by atoms with Crippen LogP contribution in [0.15, 0.2) is 72.4 Å². The second-order valence-corrected chi connectivity index (χ2v) is 7.02. The lowest BCUT2D eigenvalue weighted by Gasteiger charge is -2.11. The third-order valence-electron chi connectivity index (χ3n) is 3.68. The number of carbonyl (C=O) groups excluding carboxylic acids is 1. The minimum Gasteiger partial charge on any atom is -0.484 e. The summed E-state index contributed by atoms with van der Waals surface area (Å²) in [7, 11) is 0. The van der Waals surface area contributed by atoms with Gasteiger partial charge in [0.05, 0.1) is 10.8 Å². The maximum Gasteiger partial charge on any atom is 0.230 e. The molecule has 1 amide bonds. The molecule has 0 unspecified atom stereocenters. The average molecular weight is 415 g/mol. The molecule has 0 saturated carbocycles. The highest BCUT2D eigenvalue weighted by molar-refractivity contribution is 7.99. The van der Waals surface area contributed by atoms with E-state index in [4.69, 9.17) is 16.3 Å². The third-order valence-corrected chi connectivity index (χ3v) is 4.93. The Bertz CT molecular complexity index is 946. The Labute approximate surface area is 172 Å². The van der Waals surface area contributed by atoms with E-state index in [0.717, 1.165) is 5.69 Å². The molecular formula is C20H19ClN4O2S. The normalized spacial score (nSPS) is 10.5. The van der Waals surface area contributed by atoms with Gasteiger partial charge >= 0.3 is 0 Å². The van der Waals surface area contributed by atoms with Gasteiger partial charge in [0.2, 0.25) is 5.91 Å². The fourth-order valence-corrected chi connectivity index (χ4v) is 3.39. The van der Waals surface area contributed by atoms with E-state index in [1.165, 1.54) is 11.8 Å². The van der Waals surface area contributed by atoms with Crippen LogP contribution in [0.5, 0.6) is 5.75 Å². The molecule has 3 aromatic rings. The highest BCUT2D eigenvalue weighted by atomic mass is 35.5. The molecule has 1 heterocycles. The van der Waals surface area contributed by atoms with Crippen molar-refractivity contribution in [2.75, 3.05) is 12.3 Å². The second-order valence-electron chi connectivity index (χ2n) is 5.67. The molecule has 1 N–H and O–H groups in total. The van der Waals surface area contributed by atoms with Crippen LogP contribution in [-0.2, 0) is 11.4 Å². The summed E-state index contributed by atoms with van der Waals surface area (Å²) < 4.78 is 7.70. The molecule has 0 aliphatic carbocycles. The van der Waals surface area contributed by atoms with Crippen molar-refractivity contribution in [1.29, 1.82) is 0 Å². The van der Waals surface area contributed by atoms with Crippen LogP contribution >= 0.6 is 23.4 Å². The molecule has 144 valence electrons. The molecular weight excluding hydrogens is 396 g/mol. The Hall–Kier alpha value is -2.77. The molecule has 0 radical (unpaired) electrons. The van der Waals surface area contributed by atoms with Crippen LogP contribution < -0.4 is 10.1 Å². The Morgan fingerprint density at radius 3 is 2.68 bits per heavy atom. The number of rotatable bonds is 9. The number of nitrogens with zero attached hydrogens (tertiary/aromatic N) is 3. The first-order valence-corrected chi connectivity index (χ1v) is 9.93. The van der Waals surface area contributed by atoms with Gasteiger partial charge in [0, 0.05) is 12.2 Å². The molecule has 8 heteroatoms. The van der Waals surface area contributed by atoms with Gasteiger partial charge in [-0.15, -0.1) is 16.8 Å². The van der Waals surface area contributed by atoms with E-state index in [1.54, 1.807) is 18.2 Å². The predicted octanol–water partition coefficient (Wildman–Crippen LogP) is 3.89. The number of para-hydroxylation sites is 2. The minimum absolute atomic E-state index is 0.0959. The van der Waals surface area contributed by atoms with Crippen LogP contribution in [0.1, 0.15) is 5.82 Å². The fraction of sp³-hybridized carbons (Fsp3) is 0.150. The van der Waals surface area contributed by atoms with Crippen LogP contribution in [0.3, 0.4) is 0 Å². The van der Waals surface area contributed by atoms with Gasteiger partial charge in [-0.25, -0.2) is 0 Å². The third kappa shape index (κ3) is 5.15. The Morgan fingerprint density at radius 1 is 1.18 bits per heavy atom. The number of amides is 1. The van der Waals surface area contributed by atoms with E-state index in [1.807, 2.05) is 47.0 Å². The summed E-state index contributed by atoms with van der Waals surface area (Å²) in [6.45, 7) is 4.21. The Morgan fingerprint density at radius 2 is 1.93 bits per heavy atom. The summed E-state index contributed by atoms with van der Waals surface area (Å²) in [5.74, 6) is 1.32. The lowest BCUT2D eigenvalue weighted by molar-refractivity contribution is -0.118. The summed E-state index contributed by atoms with van der Waals surface area (Å²) >= 11 is 7.46. The smallest absolute Gasteiger partial charge is 0.230 e. The Balaban J connectivity index is 1.80. The largest absolute Gasteiger partial charge is 0.484 e. The lowest BCUT2D eigenvalue weighted by Crippen LogP contribution is -2.25. The van der Waals surface area contributed by atoms with Crippen molar-refractivity contribution in [3.63, 3.8) is 0 Å². The van der Waals surface area contributed by atoms with Crippen molar-refractivity contribution < 1.29 is 9.53 Å². The van der Waals surface area contributed by atoms with Gasteiger partial charge in [-0.2, -0.15) is 0 Å². The van der Waals surface area contributed by atoms with E-state index in [0.29, 0.717) is 28.3 Å². The van der Waals surface area contributed by atoms with Gasteiger partial charge in [0.25, 0.3) is 0 Å². The van der Waals surface area contributed by atoms with Crippen LogP contribution in [0.4, 0.5) is 0 Å². The van der Waals surface area contributed by atoms with E-state index in [9.17, 15) is 4.79 Å². The SMILES string of the molecule is C=CCNC(=O)CSc1nnc(COc2ccccc2Cl)n1-c1ccccc1. The number of halogens is 1. The molecule has 0 aliphatic heterocycles. The van der Waals surface area contributed by atoms with Gasteiger partial charge in [-0.05, 0) is 24.3 Å². The molecule has 0 fully saturated rings. The number of benzene rings is 2. The van der Waals surface area contributed by atoms with Crippen LogP contribution in [0, 0.1) is 0 Å². The number of aromatic nitrogens is 3. The van der Waals surface area contributed by atoms with Crippen LogP contribution in [-0.4, -0.2) is 33.0 Å². The molecule has 0 atom stereocenters. The molecule has 1 aromatic heterocycles. The van der Waals surface area contributed by atoms with Crippen molar-refractivity contribution in [3.05, 3.63) is 78.1 Å². The van der Waals surface area contributed by atoms with Crippen LogP contribution in [0.25, 0.3) is 5.69 Å². The maximum atomic E-state index is 11.9. The number of hydrogen-bond acceptors (Lipinski definition) is 5. The van der Waals surface area contributed by atoms with Gasteiger partial charge < -0.3 is 10.1 Å². The van der Waals surface area contributed by atoms with E-state index < -0.39 is 0 Å². The number of ether oxygens (including phenoxy) is 1. The van der Waals surface area contributed by atoms with E-state index in [2.05, 4.69) is 22.1 Å². The molecule has 0 bridgehead atoms. The summed E-state index contributed by atoms with van der Waals surface area (Å²) in [5.41, 5.74) is 0.888. The van der Waals surface area contributed by atoms with E-state index >= 15 is 0 Å². The van der Waals surface area contributed by atoms with Crippen molar-refractivity contribution in [2.45, 2.75) is 11.8 Å². The number of thioether (sulfide) groups is 1. The molecule has 6 nitrogen and oxygen atoms in total. The summed E-state index contributed by atoms with van der Waals surface area (Å²) in [5, 5.41) is 12.4. The molecule has 2 aromatic carbocycles. The first-order valence-electron chi connectivity index (χ1n) is 8.56. The zero-order valence-electron chi connectivity index (χ0n) is 15.0. The van der Waals surface area contributed by atoms with Crippen molar-refractivity contribution in [1.82, 2.24) is 20.1 Å². The quantitative estimate of drug-likeness (QED) is 0.425. The molecule has 0 saturated heterocycles. The standard InChI is InChI=1S/C20H19ClN4O2S/c1-2-12-22-19(26)14-28-20-24-23-18(25(20)15-8-4-3-5-9-15)13-27-17-11-7-6-10-16(17)21/h2-11H,1,12-14H2,(H,22,26). The van der Waals surface area contributed by atoms with Crippen LogP contribution in [0.2, 0.25) is 5.02 Å². The summed E-state index contributed by atoms with van der Waals surface area (Å²) in [6.07, 6.45) is 1.64. The fourth-order valence-electron chi connectivity index (χ4n) is 2.39. The molecule has 0 spiro atoms. The first-order chi connectivity index (χ1) is 13.7. The minimum atomic E-state index is -0.0959. The van der Waals surface area contributed by atoms with Gasteiger partial charge in [0.15, 0.2) is 11.0 Å². The highest BCUT2D eigenvalue weighted by Gasteiger charge is 2.16. The van der Waals surface area contributed by atoms with Crippen molar-refractivity contribution in [3.8, 4) is 11.4 Å². The first kappa shape index (κ1) is 20.0. The maximum absolute atomic E-state index is 11.9. The number of hydrogen-bond donors (Lipinski definition) is 1.